The van der Waals surface area contributed by atoms with E-state index in [9.17, 15) is 14.4 Å². The van der Waals surface area contributed by atoms with E-state index in [4.69, 9.17) is 9.47 Å². The van der Waals surface area contributed by atoms with Crippen molar-refractivity contribution in [1.82, 2.24) is 15.1 Å². The molecule has 37 heavy (non-hydrogen) atoms. The normalized spacial score (nSPS) is 26.5. The van der Waals surface area contributed by atoms with Crippen LogP contribution in [0, 0.1) is 0 Å². The summed E-state index contributed by atoms with van der Waals surface area (Å²) in [4.78, 5) is 41.0. The Morgan fingerprint density at radius 1 is 0.973 bits per heavy atom. The predicted octanol–water partition coefficient (Wildman–Crippen LogP) is 3.25. The highest BCUT2D eigenvalue weighted by Crippen LogP contribution is 2.39. The highest BCUT2D eigenvalue weighted by atomic mass is 16.5. The first-order valence-corrected chi connectivity index (χ1v) is 13.3. The molecule has 3 aliphatic heterocycles. The Kier molecular flexibility index (Phi) is 6.36. The number of piperidine rings is 1. The van der Waals surface area contributed by atoms with Crippen molar-refractivity contribution in [3.05, 3.63) is 59.2 Å². The third-order valence-electron chi connectivity index (χ3n) is 8.41. The number of likely N-dealkylation sites (tertiary alicyclic amines) is 1. The molecule has 3 atom stereocenters. The van der Waals surface area contributed by atoms with Gasteiger partial charge >= 0.3 is 0 Å². The summed E-state index contributed by atoms with van der Waals surface area (Å²) in [6, 6.07) is 13.7. The van der Waals surface area contributed by atoms with E-state index >= 15 is 0 Å². The molecule has 0 aromatic heterocycles. The van der Waals surface area contributed by atoms with Gasteiger partial charge in [0.25, 0.3) is 5.91 Å². The fourth-order valence-electron chi connectivity index (χ4n) is 6.42. The van der Waals surface area contributed by atoms with Gasteiger partial charge in [-0.2, -0.15) is 0 Å². The van der Waals surface area contributed by atoms with Crippen LogP contribution < -0.4 is 14.8 Å². The molecule has 0 radical (unpaired) electrons. The van der Waals surface area contributed by atoms with Crippen LogP contribution in [0.15, 0.2) is 42.5 Å². The number of rotatable bonds is 6. The van der Waals surface area contributed by atoms with Crippen molar-refractivity contribution in [2.45, 2.75) is 69.2 Å². The Morgan fingerprint density at radius 3 is 2.59 bits per heavy atom. The van der Waals surface area contributed by atoms with Crippen molar-refractivity contribution in [3.8, 4) is 11.5 Å². The number of carbonyl (C=O) groups is 3. The zero-order valence-corrected chi connectivity index (χ0v) is 21.2. The first kappa shape index (κ1) is 24.0. The standard InChI is InChI=1S/C29H33N3O5/c1-36-25-8-4-2-6-21(25)19-15-31(16-19)23-7-3-5-9-26(23)37-20-10-11-22-18(14-20)17-32(29(22)35)24-12-13-27(33)30-28(24)34/h2,4,6,8,10-11,14,19,23-24,26H,3,5,7,9,12-13,15-17H2,1H3,(H,30,33,34). The number of amides is 3. The van der Waals surface area contributed by atoms with E-state index in [0.717, 1.165) is 49.4 Å². The van der Waals surface area contributed by atoms with Gasteiger partial charge in [-0.3, -0.25) is 24.6 Å². The maximum Gasteiger partial charge on any atom is 0.255 e. The minimum atomic E-state index is -0.604. The monoisotopic (exact) mass is 503 g/mol. The maximum absolute atomic E-state index is 13.0. The summed E-state index contributed by atoms with van der Waals surface area (Å²) in [6.45, 7) is 2.37. The minimum absolute atomic E-state index is 0.105. The van der Waals surface area contributed by atoms with Crippen LogP contribution in [0.2, 0.25) is 0 Å². The molecule has 2 aromatic rings. The summed E-state index contributed by atoms with van der Waals surface area (Å²) in [5.74, 6) is 1.38. The Balaban J connectivity index is 1.12. The zero-order valence-electron chi connectivity index (χ0n) is 21.2. The SMILES string of the molecule is COc1ccccc1C1CN(C2CCCCC2Oc2ccc3c(c2)CN(C2CCC(=O)NC2=O)C3=O)C1. The molecule has 3 heterocycles. The lowest BCUT2D eigenvalue weighted by molar-refractivity contribution is -0.136. The van der Waals surface area contributed by atoms with Crippen molar-refractivity contribution < 1.29 is 23.9 Å². The van der Waals surface area contributed by atoms with E-state index in [0.29, 0.717) is 30.5 Å². The number of ether oxygens (including phenoxy) is 2. The van der Waals surface area contributed by atoms with Gasteiger partial charge in [0.1, 0.15) is 23.6 Å². The van der Waals surface area contributed by atoms with Crippen LogP contribution in [0.1, 0.15) is 65.9 Å². The molecule has 6 rings (SSSR count). The van der Waals surface area contributed by atoms with E-state index < -0.39 is 6.04 Å². The Hall–Kier alpha value is -3.39. The van der Waals surface area contributed by atoms with Gasteiger partial charge in [0, 0.05) is 43.6 Å². The molecule has 1 N–H and O–H groups in total. The molecular formula is C29H33N3O5. The number of nitrogens with zero attached hydrogens (tertiary/aromatic N) is 2. The molecule has 8 heteroatoms. The second-order valence-corrected chi connectivity index (χ2v) is 10.6. The summed E-state index contributed by atoms with van der Waals surface area (Å²) in [5.41, 5.74) is 2.76. The van der Waals surface area contributed by atoms with Gasteiger partial charge < -0.3 is 14.4 Å². The number of nitrogens with one attached hydrogen (secondary N) is 1. The minimum Gasteiger partial charge on any atom is -0.496 e. The number of hydrogen-bond donors (Lipinski definition) is 1. The van der Waals surface area contributed by atoms with E-state index in [1.54, 1.807) is 12.0 Å². The molecule has 2 aromatic carbocycles. The van der Waals surface area contributed by atoms with Crippen molar-refractivity contribution in [1.29, 1.82) is 0 Å². The van der Waals surface area contributed by atoms with Crippen molar-refractivity contribution in [3.63, 3.8) is 0 Å². The molecule has 3 unspecified atom stereocenters. The number of hydrogen-bond acceptors (Lipinski definition) is 6. The van der Waals surface area contributed by atoms with E-state index in [-0.39, 0.29) is 30.2 Å². The van der Waals surface area contributed by atoms with Crippen molar-refractivity contribution in [2.75, 3.05) is 20.2 Å². The maximum atomic E-state index is 13.0. The van der Waals surface area contributed by atoms with Crippen LogP contribution in [0.25, 0.3) is 0 Å². The number of carbonyl (C=O) groups excluding carboxylic acids is 3. The summed E-state index contributed by atoms with van der Waals surface area (Å²) in [6.07, 6.45) is 5.21. The molecule has 4 aliphatic rings. The first-order chi connectivity index (χ1) is 18.0. The number of benzene rings is 2. The molecule has 3 amide bonds. The van der Waals surface area contributed by atoms with Gasteiger partial charge in [-0.05, 0) is 61.1 Å². The summed E-state index contributed by atoms with van der Waals surface area (Å²) < 4.78 is 12.1. The molecule has 8 nitrogen and oxygen atoms in total. The fourth-order valence-corrected chi connectivity index (χ4v) is 6.42. The third kappa shape index (κ3) is 4.48. The van der Waals surface area contributed by atoms with Crippen LogP contribution in [0.3, 0.4) is 0 Å². The van der Waals surface area contributed by atoms with E-state index in [1.165, 1.54) is 12.0 Å². The van der Waals surface area contributed by atoms with Gasteiger partial charge in [-0.15, -0.1) is 0 Å². The molecule has 1 saturated carbocycles. The molecular weight excluding hydrogens is 470 g/mol. The highest BCUT2D eigenvalue weighted by molar-refractivity contribution is 6.05. The van der Waals surface area contributed by atoms with Crippen LogP contribution in [-0.2, 0) is 16.1 Å². The molecule has 3 fully saturated rings. The molecule has 1 aliphatic carbocycles. The van der Waals surface area contributed by atoms with Crippen molar-refractivity contribution in [2.24, 2.45) is 0 Å². The van der Waals surface area contributed by atoms with Gasteiger partial charge in [-0.25, -0.2) is 0 Å². The molecule has 194 valence electrons. The lowest BCUT2D eigenvalue weighted by atomic mass is 9.84. The highest BCUT2D eigenvalue weighted by Gasteiger charge is 2.41. The zero-order chi connectivity index (χ0) is 25.5. The topological polar surface area (TPSA) is 88.2 Å². The van der Waals surface area contributed by atoms with Gasteiger partial charge in [0.05, 0.1) is 7.11 Å². The lowest BCUT2D eigenvalue weighted by Gasteiger charge is -2.48. The van der Waals surface area contributed by atoms with E-state index in [1.807, 2.05) is 30.3 Å². The van der Waals surface area contributed by atoms with Gasteiger partial charge in [0.2, 0.25) is 11.8 Å². The van der Waals surface area contributed by atoms with Gasteiger partial charge in [-0.1, -0.05) is 24.6 Å². The van der Waals surface area contributed by atoms with E-state index in [2.05, 4.69) is 22.3 Å². The van der Waals surface area contributed by atoms with Gasteiger partial charge in [0.15, 0.2) is 0 Å². The fraction of sp³-hybridized carbons (Fsp3) is 0.483. The smallest absolute Gasteiger partial charge is 0.255 e. The van der Waals surface area contributed by atoms with Crippen LogP contribution in [-0.4, -0.2) is 65.9 Å². The summed E-state index contributed by atoms with van der Waals surface area (Å²) in [7, 11) is 1.73. The Bertz CT molecular complexity index is 1220. The van der Waals surface area contributed by atoms with Crippen LogP contribution >= 0.6 is 0 Å². The quantitative estimate of drug-likeness (QED) is 0.609. The molecule has 0 spiro atoms. The van der Waals surface area contributed by atoms with Crippen LogP contribution in [0.5, 0.6) is 11.5 Å². The number of para-hydroxylation sites is 1. The predicted molar refractivity (Wildman–Crippen MR) is 136 cm³/mol. The number of imide groups is 1. The average molecular weight is 504 g/mol. The Morgan fingerprint density at radius 2 is 1.78 bits per heavy atom. The first-order valence-electron chi connectivity index (χ1n) is 13.3. The van der Waals surface area contributed by atoms with Crippen molar-refractivity contribution >= 4 is 17.7 Å². The Labute approximate surface area is 216 Å². The summed E-state index contributed by atoms with van der Waals surface area (Å²) >= 11 is 0. The number of fused-ring (bicyclic) bond motifs is 1. The second-order valence-electron chi connectivity index (χ2n) is 10.6. The number of methoxy groups -OCH3 is 1. The molecule has 2 saturated heterocycles. The third-order valence-corrected chi connectivity index (χ3v) is 8.41. The lowest BCUT2D eigenvalue weighted by Crippen LogP contribution is -2.57. The summed E-state index contributed by atoms with van der Waals surface area (Å²) in [5, 5.41) is 2.36. The molecule has 0 bridgehead atoms. The largest absolute Gasteiger partial charge is 0.496 e. The van der Waals surface area contributed by atoms with Crippen LogP contribution in [0.4, 0.5) is 0 Å². The average Bonchev–Trinajstić information content (AvgIpc) is 3.20. The second kappa shape index (κ2) is 9.82.